The van der Waals surface area contributed by atoms with Gasteiger partial charge < -0.3 is 14.7 Å². The van der Waals surface area contributed by atoms with E-state index < -0.39 is 12.1 Å². The number of aliphatic hydroxyl groups excluding tert-OH is 1. The second kappa shape index (κ2) is 7.28. The van der Waals surface area contributed by atoms with Crippen LogP contribution in [0.25, 0.3) is 10.9 Å². The molecule has 1 aliphatic rings. The Morgan fingerprint density at radius 1 is 1.19 bits per heavy atom. The summed E-state index contributed by atoms with van der Waals surface area (Å²) < 4.78 is 4.63. The number of para-hydroxylation sites is 1. The van der Waals surface area contributed by atoms with Crippen LogP contribution < -0.4 is 4.90 Å². The smallest absolute Gasteiger partial charge is 0.358 e. The summed E-state index contributed by atoms with van der Waals surface area (Å²) in [5, 5.41) is 11.6. The third-order valence-corrected chi connectivity index (χ3v) is 4.89. The number of aromatic nitrogens is 3. The average molecular weight is 364 g/mol. The normalized spacial score (nSPS) is 19.4. The molecule has 2 atom stereocenters. The van der Waals surface area contributed by atoms with E-state index in [1.54, 1.807) is 0 Å². The van der Waals surface area contributed by atoms with Gasteiger partial charge in [-0.15, -0.1) is 0 Å². The number of esters is 1. The average Bonchev–Trinajstić information content (AvgIpc) is 3.07. The van der Waals surface area contributed by atoms with Crippen molar-refractivity contribution in [2.45, 2.75) is 12.5 Å². The van der Waals surface area contributed by atoms with E-state index in [0.29, 0.717) is 25.3 Å². The van der Waals surface area contributed by atoms with Crippen molar-refractivity contribution in [3.63, 3.8) is 0 Å². The highest BCUT2D eigenvalue weighted by atomic mass is 16.5. The molecule has 0 aliphatic carbocycles. The fourth-order valence-corrected chi connectivity index (χ4v) is 3.43. The van der Waals surface area contributed by atoms with E-state index in [4.69, 9.17) is 4.98 Å². The number of hydrogen-bond acceptors (Lipinski definition) is 7. The summed E-state index contributed by atoms with van der Waals surface area (Å²) in [7, 11) is 1.31. The molecule has 4 rings (SSSR count). The minimum absolute atomic E-state index is 0.0562. The summed E-state index contributed by atoms with van der Waals surface area (Å²) in [6, 6.07) is 12.1. The van der Waals surface area contributed by atoms with Crippen LogP contribution in [0, 0.1) is 5.92 Å². The molecule has 138 valence electrons. The molecule has 0 bridgehead atoms. The lowest BCUT2D eigenvalue weighted by Crippen LogP contribution is -2.22. The standard InChI is InChI=1S/C20H20N4O3/c1-27-20(26)17-9-22-19(10-21-17)24-11-14(18(25)12-24)8-15-7-6-13-4-2-3-5-16(13)23-15/h2-7,9-10,14,18,25H,8,11-12H2,1H3/t14-,18-/m1/s1. The SMILES string of the molecule is COC(=O)c1cnc(N2C[C@@H](Cc3ccc4ccccc4n3)[C@H](O)C2)cn1. The number of hydrogen-bond donors (Lipinski definition) is 1. The number of ether oxygens (including phenoxy) is 1. The van der Waals surface area contributed by atoms with Gasteiger partial charge in [0.15, 0.2) is 5.69 Å². The lowest BCUT2D eigenvalue weighted by molar-refractivity contribution is 0.0593. The van der Waals surface area contributed by atoms with Crippen LogP contribution in [0.3, 0.4) is 0 Å². The largest absolute Gasteiger partial charge is 0.464 e. The molecule has 1 aliphatic heterocycles. The van der Waals surface area contributed by atoms with Crippen molar-refractivity contribution in [1.29, 1.82) is 0 Å². The second-order valence-electron chi connectivity index (χ2n) is 6.68. The molecule has 1 saturated heterocycles. The number of fused-ring (bicyclic) bond motifs is 1. The molecule has 7 nitrogen and oxygen atoms in total. The van der Waals surface area contributed by atoms with Gasteiger partial charge in [0.25, 0.3) is 0 Å². The quantitative estimate of drug-likeness (QED) is 0.707. The van der Waals surface area contributed by atoms with E-state index in [0.717, 1.165) is 16.6 Å². The van der Waals surface area contributed by atoms with Crippen LogP contribution in [-0.2, 0) is 11.2 Å². The Kier molecular flexibility index (Phi) is 4.68. The van der Waals surface area contributed by atoms with Gasteiger partial charge in [0.05, 0.1) is 31.1 Å². The zero-order valence-corrected chi connectivity index (χ0v) is 14.9. The fraction of sp³-hybridized carbons (Fsp3) is 0.300. The Balaban J connectivity index is 1.46. The monoisotopic (exact) mass is 364 g/mol. The molecule has 0 radical (unpaired) electrons. The van der Waals surface area contributed by atoms with E-state index in [9.17, 15) is 9.90 Å². The van der Waals surface area contributed by atoms with Crippen molar-refractivity contribution in [2.75, 3.05) is 25.1 Å². The van der Waals surface area contributed by atoms with E-state index in [-0.39, 0.29) is 11.6 Å². The summed E-state index contributed by atoms with van der Waals surface area (Å²) in [5.74, 6) is 0.173. The van der Waals surface area contributed by atoms with Crippen molar-refractivity contribution in [3.8, 4) is 0 Å². The van der Waals surface area contributed by atoms with E-state index >= 15 is 0 Å². The number of rotatable bonds is 4. The number of anilines is 1. The van der Waals surface area contributed by atoms with Gasteiger partial charge in [-0.1, -0.05) is 24.3 Å². The minimum Gasteiger partial charge on any atom is -0.464 e. The van der Waals surface area contributed by atoms with Crippen LogP contribution >= 0.6 is 0 Å². The molecule has 2 aromatic heterocycles. The first-order valence-corrected chi connectivity index (χ1v) is 8.82. The number of aliphatic hydroxyl groups is 1. The number of nitrogens with zero attached hydrogens (tertiary/aromatic N) is 4. The van der Waals surface area contributed by atoms with Crippen LogP contribution in [0.2, 0.25) is 0 Å². The molecule has 1 fully saturated rings. The molecule has 3 heterocycles. The van der Waals surface area contributed by atoms with Gasteiger partial charge in [0.2, 0.25) is 0 Å². The predicted octanol–water partition coefficient (Wildman–Crippen LogP) is 1.85. The maximum Gasteiger partial charge on any atom is 0.358 e. The first-order chi connectivity index (χ1) is 13.1. The zero-order chi connectivity index (χ0) is 18.8. The third kappa shape index (κ3) is 3.59. The third-order valence-electron chi connectivity index (χ3n) is 4.89. The molecule has 3 aromatic rings. The van der Waals surface area contributed by atoms with Crippen LogP contribution in [0.1, 0.15) is 16.2 Å². The van der Waals surface area contributed by atoms with Crippen LogP contribution in [-0.4, -0.2) is 52.3 Å². The van der Waals surface area contributed by atoms with Crippen LogP contribution in [0.4, 0.5) is 5.82 Å². The summed E-state index contributed by atoms with van der Waals surface area (Å²) >= 11 is 0. The predicted molar refractivity (Wildman–Crippen MR) is 101 cm³/mol. The van der Waals surface area contributed by atoms with Crippen molar-refractivity contribution in [3.05, 3.63) is 60.2 Å². The lowest BCUT2D eigenvalue weighted by atomic mass is 9.99. The van der Waals surface area contributed by atoms with E-state index in [2.05, 4.69) is 20.8 Å². The second-order valence-corrected chi connectivity index (χ2v) is 6.68. The van der Waals surface area contributed by atoms with Crippen molar-refractivity contribution < 1.29 is 14.6 Å². The van der Waals surface area contributed by atoms with Gasteiger partial charge in [-0.2, -0.15) is 0 Å². The summed E-state index contributed by atoms with van der Waals surface area (Å²) in [4.78, 5) is 26.5. The first kappa shape index (κ1) is 17.4. The zero-order valence-electron chi connectivity index (χ0n) is 14.9. The molecule has 1 aromatic carbocycles. The van der Waals surface area contributed by atoms with Gasteiger partial charge in [0.1, 0.15) is 5.82 Å². The lowest BCUT2D eigenvalue weighted by Gasteiger charge is -2.16. The number of benzene rings is 1. The molecular formula is C20H20N4O3. The van der Waals surface area contributed by atoms with Gasteiger partial charge in [0, 0.05) is 30.1 Å². The maximum absolute atomic E-state index is 11.5. The summed E-state index contributed by atoms with van der Waals surface area (Å²) in [6.07, 6.45) is 3.15. The Morgan fingerprint density at radius 2 is 2.04 bits per heavy atom. The van der Waals surface area contributed by atoms with Crippen LogP contribution in [0.15, 0.2) is 48.8 Å². The Morgan fingerprint density at radius 3 is 2.81 bits per heavy atom. The van der Waals surface area contributed by atoms with Gasteiger partial charge in [-0.3, -0.25) is 4.98 Å². The Labute approximate surface area is 156 Å². The molecule has 0 spiro atoms. The highest BCUT2D eigenvalue weighted by Crippen LogP contribution is 2.25. The number of β-amino-alcohol motifs (C(OH)–C–C–N with tert-alkyl or cyclic N) is 1. The number of pyridine rings is 1. The Hall–Kier alpha value is -3.06. The molecular weight excluding hydrogens is 344 g/mol. The molecule has 0 amide bonds. The number of carbonyl (C=O) groups is 1. The maximum atomic E-state index is 11.5. The molecule has 1 N–H and O–H groups in total. The number of methoxy groups -OCH3 is 1. The van der Waals surface area contributed by atoms with Crippen molar-refractivity contribution >= 4 is 22.7 Å². The molecule has 7 heteroatoms. The summed E-state index contributed by atoms with van der Waals surface area (Å²) in [5.41, 5.74) is 2.09. The molecule has 0 saturated carbocycles. The van der Waals surface area contributed by atoms with E-state index in [1.165, 1.54) is 19.5 Å². The van der Waals surface area contributed by atoms with Crippen molar-refractivity contribution in [1.82, 2.24) is 15.0 Å². The molecule has 0 unspecified atom stereocenters. The highest BCUT2D eigenvalue weighted by Gasteiger charge is 2.32. The topological polar surface area (TPSA) is 88.4 Å². The van der Waals surface area contributed by atoms with Gasteiger partial charge in [-0.05, 0) is 18.6 Å². The minimum atomic E-state index is -0.518. The van der Waals surface area contributed by atoms with Gasteiger partial charge >= 0.3 is 5.97 Å². The molecule has 27 heavy (non-hydrogen) atoms. The Bertz CT molecular complexity index is 961. The number of carbonyl (C=O) groups excluding carboxylic acids is 1. The summed E-state index contributed by atoms with van der Waals surface area (Å²) in [6.45, 7) is 1.13. The highest BCUT2D eigenvalue weighted by molar-refractivity contribution is 5.86. The van der Waals surface area contributed by atoms with Gasteiger partial charge in [-0.25, -0.2) is 14.8 Å². The van der Waals surface area contributed by atoms with E-state index in [1.807, 2.05) is 35.2 Å². The van der Waals surface area contributed by atoms with Crippen LogP contribution in [0.5, 0.6) is 0 Å². The van der Waals surface area contributed by atoms with Crippen molar-refractivity contribution in [2.24, 2.45) is 5.92 Å². The fourth-order valence-electron chi connectivity index (χ4n) is 3.43. The first-order valence-electron chi connectivity index (χ1n) is 8.82.